The van der Waals surface area contributed by atoms with Crippen molar-refractivity contribution in [1.82, 2.24) is 9.88 Å². The zero-order valence-corrected chi connectivity index (χ0v) is 17.3. The number of aromatic nitrogens is 1. The number of methoxy groups -OCH3 is 1. The van der Waals surface area contributed by atoms with E-state index in [2.05, 4.69) is 43.2 Å². The van der Waals surface area contributed by atoms with E-state index in [4.69, 9.17) is 9.72 Å². The van der Waals surface area contributed by atoms with E-state index in [0.29, 0.717) is 0 Å². The van der Waals surface area contributed by atoms with Gasteiger partial charge in [0.25, 0.3) is 0 Å². The van der Waals surface area contributed by atoms with Gasteiger partial charge in [-0.05, 0) is 56.0 Å². The molecular formula is C21H30N2O2S. The predicted molar refractivity (Wildman–Crippen MR) is 107 cm³/mol. The highest BCUT2D eigenvalue weighted by Crippen LogP contribution is 2.44. The zero-order valence-electron chi connectivity index (χ0n) is 16.5. The first-order valence-corrected chi connectivity index (χ1v) is 10.2. The fourth-order valence-corrected chi connectivity index (χ4v) is 4.84. The smallest absolute Gasteiger partial charge is 0.126 e. The molecule has 2 heterocycles. The van der Waals surface area contributed by atoms with Crippen LogP contribution in [0.5, 0.6) is 5.75 Å². The lowest BCUT2D eigenvalue weighted by atomic mass is 9.81. The maximum Gasteiger partial charge on any atom is 0.126 e. The molecule has 1 fully saturated rings. The Morgan fingerprint density at radius 2 is 1.92 bits per heavy atom. The first kappa shape index (κ1) is 19.3. The van der Waals surface area contributed by atoms with Gasteiger partial charge < -0.3 is 9.84 Å². The van der Waals surface area contributed by atoms with Gasteiger partial charge in [0.2, 0.25) is 0 Å². The number of benzene rings is 1. The van der Waals surface area contributed by atoms with Crippen LogP contribution in [0.1, 0.15) is 55.4 Å². The topological polar surface area (TPSA) is 45.6 Å². The summed E-state index contributed by atoms with van der Waals surface area (Å²) in [5.74, 6) is 0.812. The largest absolute Gasteiger partial charge is 0.496 e. The summed E-state index contributed by atoms with van der Waals surface area (Å²) >= 11 is 1.63. The van der Waals surface area contributed by atoms with Crippen molar-refractivity contribution in [3.63, 3.8) is 0 Å². The zero-order chi connectivity index (χ0) is 18.9. The van der Waals surface area contributed by atoms with Gasteiger partial charge in [-0.15, -0.1) is 11.3 Å². The third-order valence-corrected chi connectivity index (χ3v) is 6.47. The van der Waals surface area contributed by atoms with Crippen LogP contribution in [-0.4, -0.2) is 41.8 Å². The molecule has 0 amide bonds. The number of likely N-dealkylation sites (tertiary alicyclic amines) is 1. The highest BCUT2D eigenvalue weighted by molar-refractivity contribution is 7.09. The van der Waals surface area contributed by atoms with Crippen molar-refractivity contribution in [3.8, 4) is 5.75 Å². The Balaban J connectivity index is 2.27. The molecule has 142 valence electrons. The Morgan fingerprint density at radius 1 is 1.23 bits per heavy atom. The lowest BCUT2D eigenvalue weighted by Crippen LogP contribution is -2.49. The van der Waals surface area contributed by atoms with E-state index in [9.17, 15) is 5.11 Å². The van der Waals surface area contributed by atoms with Crippen molar-refractivity contribution < 1.29 is 9.84 Å². The Morgan fingerprint density at radius 3 is 2.42 bits per heavy atom. The standard InChI is InChI=1S/C21H30N2O2S/c1-15-13-26-19(22-15)21(14-24,23-10-6-7-11-23)17-12-16(20(2,3)4)8-9-18(17)25-5/h8-9,12-13,24H,6-7,10-11,14H2,1-5H3. The molecule has 0 aliphatic carbocycles. The van der Waals surface area contributed by atoms with Gasteiger partial charge >= 0.3 is 0 Å². The molecular weight excluding hydrogens is 344 g/mol. The van der Waals surface area contributed by atoms with Crippen LogP contribution < -0.4 is 4.74 Å². The number of aliphatic hydroxyl groups excluding tert-OH is 1. The van der Waals surface area contributed by atoms with Crippen molar-refractivity contribution >= 4 is 11.3 Å². The number of rotatable bonds is 5. The number of hydrogen-bond donors (Lipinski definition) is 1. The Hall–Kier alpha value is -1.43. The van der Waals surface area contributed by atoms with E-state index >= 15 is 0 Å². The van der Waals surface area contributed by atoms with Gasteiger partial charge in [0.05, 0.1) is 13.7 Å². The fourth-order valence-electron chi connectivity index (χ4n) is 3.81. The van der Waals surface area contributed by atoms with Crippen molar-refractivity contribution in [3.05, 3.63) is 45.4 Å². The number of hydrogen-bond acceptors (Lipinski definition) is 5. The average molecular weight is 375 g/mol. The average Bonchev–Trinajstić information content (AvgIpc) is 3.28. The molecule has 1 aromatic carbocycles. The minimum atomic E-state index is -0.651. The van der Waals surface area contributed by atoms with Crippen LogP contribution in [0.15, 0.2) is 23.6 Å². The van der Waals surface area contributed by atoms with Crippen molar-refractivity contribution in [2.45, 2.75) is 51.5 Å². The lowest BCUT2D eigenvalue weighted by Gasteiger charge is -2.40. The second-order valence-electron chi connectivity index (χ2n) is 8.17. The van der Waals surface area contributed by atoms with Crippen LogP contribution in [0.3, 0.4) is 0 Å². The molecule has 26 heavy (non-hydrogen) atoms. The van der Waals surface area contributed by atoms with Gasteiger partial charge in [-0.2, -0.15) is 0 Å². The van der Waals surface area contributed by atoms with Gasteiger partial charge in [0, 0.05) is 16.6 Å². The second-order valence-corrected chi connectivity index (χ2v) is 9.03. The molecule has 1 aliphatic heterocycles. The van der Waals surface area contributed by atoms with Gasteiger partial charge in [-0.1, -0.05) is 26.8 Å². The molecule has 0 saturated carbocycles. The van der Waals surface area contributed by atoms with Crippen molar-refractivity contribution in [1.29, 1.82) is 0 Å². The first-order valence-electron chi connectivity index (χ1n) is 9.30. The summed E-state index contributed by atoms with van der Waals surface area (Å²) in [5, 5.41) is 13.7. The number of aryl methyl sites for hydroxylation is 1. The quantitative estimate of drug-likeness (QED) is 0.856. The summed E-state index contributed by atoms with van der Waals surface area (Å²) in [6.45, 7) is 10.6. The molecule has 1 atom stereocenters. The third-order valence-electron chi connectivity index (χ3n) is 5.36. The van der Waals surface area contributed by atoms with E-state index in [1.807, 2.05) is 13.0 Å². The lowest BCUT2D eigenvalue weighted by molar-refractivity contribution is 0.0753. The minimum absolute atomic E-state index is 0.0100. The van der Waals surface area contributed by atoms with Crippen LogP contribution >= 0.6 is 11.3 Å². The second kappa shape index (κ2) is 7.29. The molecule has 3 rings (SSSR count). The predicted octanol–water partition coefficient (Wildman–Crippen LogP) is 4.09. The molecule has 0 spiro atoms. The van der Waals surface area contributed by atoms with E-state index in [1.165, 1.54) is 5.56 Å². The summed E-state index contributed by atoms with van der Waals surface area (Å²) in [7, 11) is 1.70. The van der Waals surface area contributed by atoms with Gasteiger partial charge in [0.15, 0.2) is 0 Å². The van der Waals surface area contributed by atoms with E-state index < -0.39 is 5.54 Å². The van der Waals surface area contributed by atoms with Crippen LogP contribution in [0, 0.1) is 6.92 Å². The molecule has 1 aromatic heterocycles. The van der Waals surface area contributed by atoms with E-state index in [-0.39, 0.29) is 12.0 Å². The number of nitrogens with zero attached hydrogens (tertiary/aromatic N) is 2. The molecule has 0 radical (unpaired) electrons. The minimum Gasteiger partial charge on any atom is -0.496 e. The van der Waals surface area contributed by atoms with E-state index in [0.717, 1.165) is 47.9 Å². The van der Waals surface area contributed by atoms with Crippen molar-refractivity contribution in [2.75, 3.05) is 26.8 Å². The summed E-state index contributed by atoms with van der Waals surface area (Å²) in [6, 6.07) is 6.38. The first-order chi connectivity index (χ1) is 12.3. The molecule has 1 saturated heterocycles. The maximum atomic E-state index is 10.7. The Bertz CT molecular complexity index is 760. The van der Waals surface area contributed by atoms with Gasteiger partial charge in [0.1, 0.15) is 16.3 Å². The molecule has 2 aromatic rings. The van der Waals surface area contributed by atoms with Gasteiger partial charge in [-0.3, -0.25) is 4.90 Å². The summed E-state index contributed by atoms with van der Waals surface area (Å²) in [6.07, 6.45) is 2.29. The summed E-state index contributed by atoms with van der Waals surface area (Å²) < 4.78 is 5.75. The normalized spacial score (nSPS) is 18.1. The van der Waals surface area contributed by atoms with Gasteiger partial charge in [-0.25, -0.2) is 4.98 Å². The highest BCUT2D eigenvalue weighted by atomic mass is 32.1. The fraction of sp³-hybridized carbons (Fsp3) is 0.571. The number of ether oxygens (including phenoxy) is 1. The van der Waals surface area contributed by atoms with Crippen LogP contribution in [0.4, 0.5) is 0 Å². The van der Waals surface area contributed by atoms with Crippen molar-refractivity contribution in [2.24, 2.45) is 0 Å². The molecule has 1 unspecified atom stereocenters. The SMILES string of the molecule is COc1ccc(C(C)(C)C)cc1C(CO)(c1nc(C)cs1)N1CCCC1. The van der Waals surface area contributed by atoms with Crippen LogP contribution in [0.2, 0.25) is 0 Å². The van der Waals surface area contributed by atoms with E-state index in [1.54, 1.807) is 18.4 Å². The number of thiazole rings is 1. The Labute approximate surface area is 160 Å². The summed E-state index contributed by atoms with van der Waals surface area (Å²) in [5.41, 5.74) is 2.62. The third kappa shape index (κ3) is 3.28. The molecule has 1 aliphatic rings. The molecule has 5 heteroatoms. The molecule has 1 N–H and O–H groups in total. The van der Waals surface area contributed by atoms with Crippen LogP contribution in [0.25, 0.3) is 0 Å². The Kier molecular flexibility index (Phi) is 5.42. The highest BCUT2D eigenvalue weighted by Gasteiger charge is 2.45. The number of aliphatic hydroxyl groups is 1. The molecule has 4 nitrogen and oxygen atoms in total. The van der Waals surface area contributed by atoms with Crippen LogP contribution in [-0.2, 0) is 11.0 Å². The monoisotopic (exact) mass is 374 g/mol. The summed E-state index contributed by atoms with van der Waals surface area (Å²) in [4.78, 5) is 7.19. The maximum absolute atomic E-state index is 10.7. The molecule has 0 bridgehead atoms.